The summed E-state index contributed by atoms with van der Waals surface area (Å²) in [6.07, 6.45) is 2.42. The van der Waals surface area contributed by atoms with Crippen LogP contribution in [0.1, 0.15) is 43.9 Å². The van der Waals surface area contributed by atoms with E-state index in [1.165, 1.54) is 4.90 Å². The number of carbonyl (C=O) groups excluding carboxylic acids is 2. The van der Waals surface area contributed by atoms with E-state index in [0.29, 0.717) is 18.7 Å². The SMILES string of the molecule is CC[C@H](C)NC(=O)[C@@H](C)N(CCc1ccccc1)C(=O)CN(c1c(C)cccc1C)S(C)(=O)=O. The summed E-state index contributed by atoms with van der Waals surface area (Å²) in [4.78, 5) is 27.9. The van der Waals surface area contributed by atoms with Crippen LogP contribution in [-0.2, 0) is 26.0 Å². The summed E-state index contributed by atoms with van der Waals surface area (Å²) >= 11 is 0. The molecule has 0 aliphatic heterocycles. The lowest BCUT2D eigenvalue weighted by Gasteiger charge is -2.32. The molecule has 2 amide bonds. The number of carbonyl (C=O) groups is 2. The molecule has 0 unspecified atom stereocenters. The molecule has 2 rings (SSSR count). The summed E-state index contributed by atoms with van der Waals surface area (Å²) in [6.45, 7) is 9.13. The molecule has 0 heterocycles. The van der Waals surface area contributed by atoms with E-state index in [1.807, 2.05) is 76.2 Å². The van der Waals surface area contributed by atoms with Crippen molar-refractivity contribution in [3.63, 3.8) is 0 Å². The van der Waals surface area contributed by atoms with Gasteiger partial charge in [0.2, 0.25) is 21.8 Å². The lowest BCUT2D eigenvalue weighted by Crippen LogP contribution is -2.53. The predicted molar refractivity (Wildman–Crippen MR) is 137 cm³/mol. The zero-order valence-corrected chi connectivity index (χ0v) is 21.9. The predicted octanol–water partition coefficient (Wildman–Crippen LogP) is 3.44. The number of hydrogen-bond acceptors (Lipinski definition) is 4. The fourth-order valence-corrected chi connectivity index (χ4v) is 4.78. The minimum atomic E-state index is -3.74. The quantitative estimate of drug-likeness (QED) is 0.526. The molecule has 8 heteroatoms. The first-order chi connectivity index (χ1) is 16.0. The van der Waals surface area contributed by atoms with Gasteiger partial charge in [-0.15, -0.1) is 0 Å². The third-order valence-corrected chi connectivity index (χ3v) is 7.13. The number of nitrogens with zero attached hydrogens (tertiary/aromatic N) is 2. The van der Waals surface area contributed by atoms with Crippen molar-refractivity contribution in [3.05, 3.63) is 65.2 Å². The molecule has 2 aromatic carbocycles. The highest BCUT2D eigenvalue weighted by molar-refractivity contribution is 7.92. The minimum absolute atomic E-state index is 0.0249. The van der Waals surface area contributed by atoms with Crippen LogP contribution < -0.4 is 9.62 Å². The number of aryl methyl sites for hydroxylation is 2. The molecule has 0 aromatic heterocycles. The van der Waals surface area contributed by atoms with Gasteiger partial charge in [-0.2, -0.15) is 0 Å². The molecule has 7 nitrogen and oxygen atoms in total. The molecule has 0 saturated heterocycles. The van der Waals surface area contributed by atoms with E-state index in [-0.39, 0.29) is 18.5 Å². The van der Waals surface area contributed by atoms with E-state index >= 15 is 0 Å². The normalized spacial score (nSPS) is 13.1. The molecule has 0 fully saturated rings. The second kappa shape index (κ2) is 12.0. The van der Waals surface area contributed by atoms with Gasteiger partial charge in [0.05, 0.1) is 11.9 Å². The van der Waals surface area contributed by atoms with Crippen molar-refractivity contribution in [2.24, 2.45) is 0 Å². The fourth-order valence-electron chi connectivity index (χ4n) is 3.81. The van der Waals surface area contributed by atoms with Crippen molar-refractivity contribution in [2.75, 3.05) is 23.7 Å². The number of nitrogens with one attached hydrogen (secondary N) is 1. The molecule has 1 N–H and O–H groups in total. The van der Waals surface area contributed by atoms with E-state index in [9.17, 15) is 18.0 Å². The number of para-hydroxylation sites is 1. The highest BCUT2D eigenvalue weighted by Gasteiger charge is 2.31. The van der Waals surface area contributed by atoms with Crippen LogP contribution in [0.5, 0.6) is 0 Å². The number of hydrogen-bond donors (Lipinski definition) is 1. The maximum absolute atomic E-state index is 13.6. The number of anilines is 1. The Morgan fingerprint density at radius 3 is 2.09 bits per heavy atom. The van der Waals surface area contributed by atoms with Crippen molar-refractivity contribution in [3.8, 4) is 0 Å². The molecular weight excluding hydrogens is 450 g/mol. The maximum atomic E-state index is 13.6. The highest BCUT2D eigenvalue weighted by Crippen LogP contribution is 2.27. The van der Waals surface area contributed by atoms with Gasteiger partial charge in [-0.05, 0) is 57.2 Å². The third kappa shape index (κ3) is 7.32. The molecule has 0 spiro atoms. The second-order valence-corrected chi connectivity index (χ2v) is 10.7. The Balaban J connectivity index is 2.36. The van der Waals surface area contributed by atoms with Gasteiger partial charge < -0.3 is 10.2 Å². The Hall–Kier alpha value is -2.87. The van der Waals surface area contributed by atoms with Gasteiger partial charge in [0.15, 0.2) is 0 Å². The van der Waals surface area contributed by atoms with Gasteiger partial charge in [0.1, 0.15) is 12.6 Å². The van der Waals surface area contributed by atoms with Crippen LogP contribution in [0.3, 0.4) is 0 Å². The monoisotopic (exact) mass is 487 g/mol. The van der Waals surface area contributed by atoms with Gasteiger partial charge in [-0.1, -0.05) is 55.5 Å². The summed E-state index contributed by atoms with van der Waals surface area (Å²) in [6, 6.07) is 14.4. The topological polar surface area (TPSA) is 86.8 Å². The lowest BCUT2D eigenvalue weighted by molar-refractivity contribution is -0.139. The van der Waals surface area contributed by atoms with Crippen molar-refractivity contribution in [2.45, 2.75) is 59.5 Å². The molecular formula is C26H37N3O4S. The smallest absolute Gasteiger partial charge is 0.244 e. The highest BCUT2D eigenvalue weighted by atomic mass is 32.2. The van der Waals surface area contributed by atoms with Gasteiger partial charge in [-0.3, -0.25) is 13.9 Å². The van der Waals surface area contributed by atoms with Gasteiger partial charge >= 0.3 is 0 Å². The van der Waals surface area contributed by atoms with Crippen molar-refractivity contribution >= 4 is 27.5 Å². The Morgan fingerprint density at radius 2 is 1.56 bits per heavy atom. The number of amides is 2. The summed E-state index contributed by atoms with van der Waals surface area (Å²) in [7, 11) is -3.74. The van der Waals surface area contributed by atoms with Gasteiger partial charge in [0.25, 0.3) is 0 Å². The van der Waals surface area contributed by atoms with Crippen molar-refractivity contribution in [1.29, 1.82) is 0 Å². The summed E-state index contributed by atoms with van der Waals surface area (Å²) < 4.78 is 26.6. The average Bonchev–Trinajstić information content (AvgIpc) is 2.78. The lowest BCUT2D eigenvalue weighted by atomic mass is 10.1. The van der Waals surface area contributed by atoms with Crippen LogP contribution in [0.15, 0.2) is 48.5 Å². The third-order valence-electron chi connectivity index (χ3n) is 6.02. The molecule has 0 radical (unpaired) electrons. The second-order valence-electron chi connectivity index (χ2n) is 8.83. The van der Waals surface area contributed by atoms with Crippen LogP contribution in [0.2, 0.25) is 0 Å². The molecule has 0 saturated carbocycles. The maximum Gasteiger partial charge on any atom is 0.244 e. The van der Waals surface area contributed by atoms with Crippen molar-refractivity contribution < 1.29 is 18.0 Å². The first-order valence-electron chi connectivity index (χ1n) is 11.6. The van der Waals surface area contributed by atoms with Crippen LogP contribution >= 0.6 is 0 Å². The van der Waals surface area contributed by atoms with E-state index in [1.54, 1.807) is 6.92 Å². The number of benzene rings is 2. The molecule has 2 aromatic rings. The van der Waals surface area contributed by atoms with E-state index in [0.717, 1.165) is 33.7 Å². The van der Waals surface area contributed by atoms with E-state index in [2.05, 4.69) is 5.32 Å². The van der Waals surface area contributed by atoms with Gasteiger partial charge in [-0.25, -0.2) is 8.42 Å². The molecule has 186 valence electrons. The minimum Gasteiger partial charge on any atom is -0.352 e. The van der Waals surface area contributed by atoms with Gasteiger partial charge in [0, 0.05) is 12.6 Å². The molecule has 0 bridgehead atoms. The van der Waals surface area contributed by atoms with Crippen LogP contribution in [0.4, 0.5) is 5.69 Å². The zero-order chi connectivity index (χ0) is 25.5. The fraction of sp³-hybridized carbons (Fsp3) is 0.462. The van der Waals surface area contributed by atoms with E-state index < -0.39 is 22.0 Å². The summed E-state index contributed by atoms with van der Waals surface area (Å²) in [5.74, 6) is -0.676. The summed E-state index contributed by atoms with van der Waals surface area (Å²) in [5, 5.41) is 2.93. The van der Waals surface area contributed by atoms with Crippen LogP contribution in [0.25, 0.3) is 0 Å². The largest absolute Gasteiger partial charge is 0.352 e. The molecule has 0 aliphatic rings. The first-order valence-corrected chi connectivity index (χ1v) is 13.5. The standard InChI is InChI=1S/C26H37N3O4S/c1-7-21(4)27-26(31)22(5)28(17-16-23-14-9-8-10-15-23)24(30)18-29(34(6,32)33)25-19(2)12-11-13-20(25)3/h8-15,21-22H,7,16-18H2,1-6H3,(H,27,31)/t21-,22+/m0/s1. The Labute approximate surface area is 204 Å². The molecule has 2 atom stereocenters. The Bertz CT molecular complexity index is 1070. The van der Waals surface area contributed by atoms with Crippen molar-refractivity contribution in [1.82, 2.24) is 10.2 Å². The average molecular weight is 488 g/mol. The number of sulfonamides is 1. The first kappa shape index (κ1) is 27.4. The zero-order valence-electron chi connectivity index (χ0n) is 21.0. The Kier molecular flexibility index (Phi) is 9.67. The van der Waals surface area contributed by atoms with Crippen LogP contribution in [-0.4, -0.2) is 56.6 Å². The molecule has 34 heavy (non-hydrogen) atoms. The van der Waals surface area contributed by atoms with E-state index in [4.69, 9.17) is 0 Å². The van der Waals surface area contributed by atoms with Crippen LogP contribution in [0, 0.1) is 13.8 Å². The molecule has 0 aliphatic carbocycles. The number of rotatable bonds is 11. The summed E-state index contributed by atoms with van der Waals surface area (Å²) in [5.41, 5.74) is 3.05. The Morgan fingerprint density at radius 1 is 0.971 bits per heavy atom.